The minimum atomic E-state index is -0.567. The largest absolute Gasteiger partial charge is 0.381 e. The van der Waals surface area contributed by atoms with E-state index in [-0.39, 0.29) is 17.9 Å². The second-order valence-electron chi connectivity index (χ2n) is 3.90. The summed E-state index contributed by atoms with van der Waals surface area (Å²) in [6.07, 6.45) is 0. The Morgan fingerprint density at radius 3 is 2.58 bits per heavy atom. The summed E-state index contributed by atoms with van der Waals surface area (Å²) < 4.78 is 27.4. The van der Waals surface area contributed by atoms with Gasteiger partial charge in [-0.2, -0.15) is 5.26 Å². The minimum absolute atomic E-state index is 0.0405. The van der Waals surface area contributed by atoms with Crippen molar-refractivity contribution in [2.45, 2.75) is 6.54 Å². The van der Waals surface area contributed by atoms with E-state index < -0.39 is 5.82 Å². The van der Waals surface area contributed by atoms with Gasteiger partial charge in [0, 0.05) is 22.3 Å². The molecule has 0 aromatic heterocycles. The van der Waals surface area contributed by atoms with Crippen molar-refractivity contribution in [3.63, 3.8) is 0 Å². The number of anilines is 1. The Kier molecular flexibility index (Phi) is 4.13. The fourth-order valence-corrected chi connectivity index (χ4v) is 1.92. The lowest BCUT2D eigenvalue weighted by Gasteiger charge is -2.08. The van der Waals surface area contributed by atoms with Gasteiger partial charge in [0.25, 0.3) is 0 Å². The predicted octanol–water partition coefficient (Wildman–Crippen LogP) is 4.21. The smallest absolute Gasteiger partial charge is 0.141 e. The number of nitrogens with zero attached hydrogens (tertiary/aromatic N) is 1. The van der Waals surface area contributed by atoms with Crippen LogP contribution in [0, 0.1) is 23.0 Å². The fraction of sp³-hybridized carbons (Fsp3) is 0.0714. The quantitative estimate of drug-likeness (QED) is 0.918. The molecule has 0 heterocycles. The summed E-state index contributed by atoms with van der Waals surface area (Å²) in [7, 11) is 0. The van der Waals surface area contributed by atoms with Crippen LogP contribution in [0.25, 0.3) is 0 Å². The first kappa shape index (κ1) is 13.5. The van der Waals surface area contributed by atoms with Gasteiger partial charge in [-0.15, -0.1) is 0 Å². The first-order valence-electron chi connectivity index (χ1n) is 5.47. The Bertz CT molecular complexity index is 650. The molecule has 0 aliphatic rings. The summed E-state index contributed by atoms with van der Waals surface area (Å²) in [6, 6.07) is 10.6. The van der Waals surface area contributed by atoms with Gasteiger partial charge in [-0.05, 0) is 30.3 Å². The van der Waals surface area contributed by atoms with Crippen LogP contribution in [0.4, 0.5) is 14.5 Å². The molecular formula is C14H9BrF2N2. The number of rotatable bonds is 3. The van der Waals surface area contributed by atoms with E-state index in [1.165, 1.54) is 24.3 Å². The van der Waals surface area contributed by atoms with Gasteiger partial charge < -0.3 is 5.32 Å². The molecule has 0 atom stereocenters. The molecule has 0 fully saturated rings. The van der Waals surface area contributed by atoms with E-state index in [0.29, 0.717) is 15.7 Å². The highest BCUT2D eigenvalue weighted by Crippen LogP contribution is 2.18. The SMILES string of the molecule is N#Cc1cc(NCc2ccc(Br)cc2F)ccc1F. The van der Waals surface area contributed by atoms with Crippen LogP contribution in [-0.4, -0.2) is 0 Å². The molecular weight excluding hydrogens is 314 g/mol. The van der Waals surface area contributed by atoms with Crippen LogP contribution in [0.15, 0.2) is 40.9 Å². The van der Waals surface area contributed by atoms with Gasteiger partial charge in [0.05, 0.1) is 5.56 Å². The van der Waals surface area contributed by atoms with E-state index in [0.717, 1.165) is 0 Å². The number of halogens is 3. The maximum atomic E-state index is 13.6. The molecule has 0 unspecified atom stereocenters. The highest BCUT2D eigenvalue weighted by atomic mass is 79.9. The van der Waals surface area contributed by atoms with Crippen molar-refractivity contribution in [3.05, 3.63) is 63.6 Å². The summed E-state index contributed by atoms with van der Waals surface area (Å²) in [5.74, 6) is -0.896. The number of nitriles is 1. The van der Waals surface area contributed by atoms with Gasteiger partial charge in [0.1, 0.15) is 17.7 Å². The van der Waals surface area contributed by atoms with E-state index in [2.05, 4.69) is 21.2 Å². The lowest BCUT2D eigenvalue weighted by atomic mass is 10.2. The van der Waals surface area contributed by atoms with Crippen molar-refractivity contribution < 1.29 is 8.78 Å². The van der Waals surface area contributed by atoms with Crippen LogP contribution in [0.5, 0.6) is 0 Å². The number of hydrogen-bond donors (Lipinski definition) is 1. The summed E-state index contributed by atoms with van der Waals surface area (Å²) in [4.78, 5) is 0. The molecule has 0 bridgehead atoms. The zero-order chi connectivity index (χ0) is 13.8. The van der Waals surface area contributed by atoms with Crippen molar-refractivity contribution in [2.75, 3.05) is 5.32 Å². The molecule has 96 valence electrons. The van der Waals surface area contributed by atoms with Gasteiger partial charge in [-0.25, -0.2) is 8.78 Å². The van der Waals surface area contributed by atoms with Gasteiger partial charge in [-0.1, -0.05) is 22.0 Å². The second kappa shape index (κ2) is 5.81. The Balaban J connectivity index is 2.13. The molecule has 0 saturated heterocycles. The zero-order valence-corrected chi connectivity index (χ0v) is 11.3. The van der Waals surface area contributed by atoms with Gasteiger partial charge >= 0.3 is 0 Å². The lowest BCUT2D eigenvalue weighted by molar-refractivity contribution is 0.612. The fourth-order valence-electron chi connectivity index (χ4n) is 1.58. The Morgan fingerprint density at radius 1 is 1.11 bits per heavy atom. The Labute approximate surface area is 117 Å². The number of benzene rings is 2. The summed E-state index contributed by atoms with van der Waals surface area (Å²) in [5.41, 5.74) is 1.02. The molecule has 2 rings (SSSR count). The maximum Gasteiger partial charge on any atom is 0.141 e. The molecule has 0 aliphatic carbocycles. The van der Waals surface area contributed by atoms with E-state index in [1.54, 1.807) is 18.2 Å². The first-order chi connectivity index (χ1) is 9.10. The van der Waals surface area contributed by atoms with Crippen molar-refractivity contribution in [3.8, 4) is 6.07 Å². The van der Waals surface area contributed by atoms with E-state index >= 15 is 0 Å². The lowest BCUT2D eigenvalue weighted by Crippen LogP contribution is -2.02. The molecule has 0 aliphatic heterocycles. The molecule has 19 heavy (non-hydrogen) atoms. The van der Waals surface area contributed by atoms with Crippen LogP contribution < -0.4 is 5.32 Å². The third-order valence-corrected chi connectivity index (χ3v) is 3.08. The van der Waals surface area contributed by atoms with Gasteiger partial charge in [0.2, 0.25) is 0 Å². The monoisotopic (exact) mass is 322 g/mol. The molecule has 2 aromatic rings. The van der Waals surface area contributed by atoms with Crippen molar-refractivity contribution in [1.29, 1.82) is 5.26 Å². The number of hydrogen-bond acceptors (Lipinski definition) is 2. The highest BCUT2D eigenvalue weighted by molar-refractivity contribution is 9.10. The Hall–Kier alpha value is -1.93. The summed E-state index contributed by atoms with van der Waals surface area (Å²) >= 11 is 3.18. The van der Waals surface area contributed by atoms with Gasteiger partial charge in [-0.3, -0.25) is 0 Å². The van der Waals surface area contributed by atoms with Crippen molar-refractivity contribution in [2.24, 2.45) is 0 Å². The van der Waals surface area contributed by atoms with E-state index in [4.69, 9.17) is 5.26 Å². The average molecular weight is 323 g/mol. The first-order valence-corrected chi connectivity index (χ1v) is 6.27. The molecule has 2 aromatic carbocycles. The molecule has 1 N–H and O–H groups in total. The van der Waals surface area contributed by atoms with E-state index in [1.807, 2.05) is 0 Å². The molecule has 0 saturated carbocycles. The Morgan fingerprint density at radius 2 is 1.89 bits per heavy atom. The standard InChI is InChI=1S/C14H9BrF2N2/c15-11-2-1-9(14(17)6-11)8-19-12-3-4-13(16)10(5-12)7-18/h1-6,19H,8H2. The van der Waals surface area contributed by atoms with Crippen LogP contribution >= 0.6 is 15.9 Å². The topological polar surface area (TPSA) is 35.8 Å². The highest BCUT2D eigenvalue weighted by Gasteiger charge is 2.05. The molecule has 0 radical (unpaired) electrons. The maximum absolute atomic E-state index is 13.6. The van der Waals surface area contributed by atoms with Crippen molar-refractivity contribution >= 4 is 21.6 Å². The van der Waals surface area contributed by atoms with Crippen LogP contribution in [0.2, 0.25) is 0 Å². The predicted molar refractivity (Wildman–Crippen MR) is 72.5 cm³/mol. The normalized spacial score (nSPS) is 10.0. The summed E-state index contributed by atoms with van der Waals surface area (Å²) in [6.45, 7) is 0.260. The second-order valence-corrected chi connectivity index (χ2v) is 4.81. The molecule has 0 amide bonds. The van der Waals surface area contributed by atoms with Crippen LogP contribution in [-0.2, 0) is 6.54 Å². The van der Waals surface area contributed by atoms with Crippen LogP contribution in [0.1, 0.15) is 11.1 Å². The molecule has 5 heteroatoms. The molecule has 2 nitrogen and oxygen atoms in total. The third-order valence-electron chi connectivity index (χ3n) is 2.58. The number of nitrogens with one attached hydrogen (secondary N) is 1. The van der Waals surface area contributed by atoms with Gasteiger partial charge in [0.15, 0.2) is 0 Å². The third kappa shape index (κ3) is 3.30. The zero-order valence-electron chi connectivity index (χ0n) is 9.75. The van der Waals surface area contributed by atoms with E-state index in [9.17, 15) is 8.78 Å². The molecule has 0 spiro atoms. The minimum Gasteiger partial charge on any atom is -0.381 e. The van der Waals surface area contributed by atoms with Crippen LogP contribution in [0.3, 0.4) is 0 Å². The summed E-state index contributed by atoms with van der Waals surface area (Å²) in [5, 5.41) is 11.7. The van der Waals surface area contributed by atoms with Crippen molar-refractivity contribution in [1.82, 2.24) is 0 Å². The average Bonchev–Trinajstić information content (AvgIpc) is 2.39.